The highest BCUT2D eigenvalue weighted by Gasteiger charge is 2.37. The lowest BCUT2D eigenvalue weighted by Gasteiger charge is -2.36. The maximum Gasteiger partial charge on any atom is 0.310 e. The molecule has 1 aromatic heterocycles. The fourth-order valence-electron chi connectivity index (χ4n) is 2.06. The minimum Gasteiger partial charge on any atom is -0.481 e. The van der Waals surface area contributed by atoms with E-state index in [0.29, 0.717) is 11.3 Å². The molecule has 1 aliphatic rings. The van der Waals surface area contributed by atoms with Gasteiger partial charge in [-0.3, -0.25) is 14.4 Å². The Morgan fingerprint density at radius 2 is 1.89 bits per heavy atom. The molecule has 0 spiro atoms. The third-order valence-electron chi connectivity index (χ3n) is 3.46. The summed E-state index contributed by atoms with van der Waals surface area (Å²) in [7, 11) is 1.49. The average molecular weight is 265 g/mol. The number of carboxylic acid groups (broad SMARTS) is 1. The van der Waals surface area contributed by atoms with Gasteiger partial charge in [0.05, 0.1) is 11.6 Å². The summed E-state index contributed by atoms with van der Waals surface area (Å²) in [4.78, 5) is 36.3. The molecule has 0 atom stereocenters. The molecule has 1 aromatic rings. The quantitative estimate of drug-likeness (QED) is 0.782. The predicted octanol–water partition coefficient (Wildman–Crippen LogP) is -0.446. The molecule has 1 fully saturated rings. The Morgan fingerprint density at radius 3 is 2.42 bits per heavy atom. The summed E-state index contributed by atoms with van der Waals surface area (Å²) in [6.45, 7) is 3.70. The maximum atomic E-state index is 12.2. The van der Waals surface area contributed by atoms with Gasteiger partial charge in [-0.05, 0) is 19.4 Å². The normalized spacial score (nSPS) is 15.2. The van der Waals surface area contributed by atoms with Crippen LogP contribution in [0.5, 0.6) is 0 Å². The van der Waals surface area contributed by atoms with Crippen molar-refractivity contribution in [3.63, 3.8) is 0 Å². The lowest BCUT2D eigenvalue weighted by atomic mass is 9.98. The molecule has 7 heteroatoms. The molecule has 19 heavy (non-hydrogen) atoms. The first-order valence-corrected chi connectivity index (χ1v) is 5.89. The molecule has 1 amide bonds. The Morgan fingerprint density at radius 1 is 1.32 bits per heavy atom. The zero-order chi connectivity index (χ0) is 14.3. The zero-order valence-corrected chi connectivity index (χ0v) is 11.0. The van der Waals surface area contributed by atoms with E-state index < -0.39 is 23.4 Å². The fraction of sp³-hybridized carbons (Fsp3) is 0.500. The molecule has 2 rings (SSSR count). The first-order valence-electron chi connectivity index (χ1n) is 5.89. The van der Waals surface area contributed by atoms with Crippen molar-refractivity contribution in [1.82, 2.24) is 14.7 Å². The van der Waals surface area contributed by atoms with Gasteiger partial charge in [0.2, 0.25) is 0 Å². The largest absolute Gasteiger partial charge is 0.481 e. The van der Waals surface area contributed by atoms with Gasteiger partial charge >= 0.3 is 5.97 Å². The van der Waals surface area contributed by atoms with Crippen LogP contribution in [0.15, 0.2) is 4.79 Å². The highest BCUT2D eigenvalue weighted by Crippen LogP contribution is 2.19. The van der Waals surface area contributed by atoms with Gasteiger partial charge in [-0.2, -0.15) is 5.10 Å². The summed E-state index contributed by atoms with van der Waals surface area (Å²) in [5.74, 6) is -1.86. The van der Waals surface area contributed by atoms with Gasteiger partial charge in [-0.15, -0.1) is 0 Å². The van der Waals surface area contributed by atoms with Crippen LogP contribution in [0.25, 0.3) is 0 Å². The molecule has 0 aliphatic carbocycles. The van der Waals surface area contributed by atoms with Crippen LogP contribution in [0, 0.1) is 19.8 Å². The van der Waals surface area contributed by atoms with Crippen LogP contribution in [0.2, 0.25) is 0 Å². The van der Waals surface area contributed by atoms with E-state index in [2.05, 4.69) is 5.10 Å². The van der Waals surface area contributed by atoms with Crippen molar-refractivity contribution >= 4 is 11.9 Å². The van der Waals surface area contributed by atoms with Crippen LogP contribution in [0.1, 0.15) is 21.6 Å². The van der Waals surface area contributed by atoms with Crippen molar-refractivity contribution in [3.05, 3.63) is 27.2 Å². The number of nitrogens with zero attached hydrogens (tertiary/aromatic N) is 3. The smallest absolute Gasteiger partial charge is 0.310 e. The Bertz CT molecular complexity index is 614. The van der Waals surface area contributed by atoms with Gasteiger partial charge in [0.1, 0.15) is 5.56 Å². The van der Waals surface area contributed by atoms with E-state index in [0.717, 1.165) is 4.68 Å². The third-order valence-corrected chi connectivity index (χ3v) is 3.46. The van der Waals surface area contributed by atoms with Crippen molar-refractivity contribution in [2.45, 2.75) is 13.8 Å². The van der Waals surface area contributed by atoms with Crippen molar-refractivity contribution in [2.24, 2.45) is 13.0 Å². The van der Waals surface area contributed by atoms with Crippen molar-refractivity contribution in [1.29, 1.82) is 0 Å². The number of likely N-dealkylation sites (tertiary alicyclic amines) is 1. The van der Waals surface area contributed by atoms with Crippen molar-refractivity contribution in [3.8, 4) is 0 Å². The van der Waals surface area contributed by atoms with Gasteiger partial charge < -0.3 is 10.0 Å². The summed E-state index contributed by atoms with van der Waals surface area (Å²) in [5.41, 5.74) is 0.790. The number of aliphatic carboxylic acids is 1. The molecule has 0 unspecified atom stereocenters. The Balaban J connectivity index is 2.31. The topological polar surface area (TPSA) is 92.5 Å². The summed E-state index contributed by atoms with van der Waals surface area (Å²) in [6.07, 6.45) is 0. The number of hydrogen-bond donors (Lipinski definition) is 1. The molecular formula is C12H15N3O4. The van der Waals surface area contributed by atoms with Crippen LogP contribution in [0.3, 0.4) is 0 Å². The lowest BCUT2D eigenvalue weighted by molar-refractivity contribution is -0.146. The van der Waals surface area contributed by atoms with Crippen molar-refractivity contribution in [2.75, 3.05) is 13.1 Å². The minimum absolute atomic E-state index is 0.0823. The highest BCUT2D eigenvalue weighted by molar-refractivity contribution is 5.96. The van der Waals surface area contributed by atoms with Gasteiger partial charge in [-0.1, -0.05) is 0 Å². The number of carbonyl (C=O) groups is 2. The second-order valence-corrected chi connectivity index (χ2v) is 4.76. The number of amides is 1. The summed E-state index contributed by atoms with van der Waals surface area (Å²) >= 11 is 0. The number of hydrogen-bond acceptors (Lipinski definition) is 4. The van der Waals surface area contributed by atoms with Gasteiger partial charge in [-0.25, -0.2) is 4.68 Å². The zero-order valence-electron chi connectivity index (χ0n) is 11.0. The maximum absolute atomic E-state index is 12.2. The molecule has 102 valence electrons. The molecule has 0 aromatic carbocycles. The number of carboxylic acids is 1. The molecule has 0 radical (unpaired) electrons. The van der Waals surface area contributed by atoms with E-state index in [1.54, 1.807) is 13.8 Å². The number of rotatable bonds is 2. The van der Waals surface area contributed by atoms with E-state index in [4.69, 9.17) is 5.11 Å². The molecule has 1 aliphatic heterocycles. The summed E-state index contributed by atoms with van der Waals surface area (Å²) in [5, 5.41) is 12.8. The fourth-order valence-corrected chi connectivity index (χ4v) is 2.06. The number of carbonyl (C=O) groups excluding carboxylic acids is 1. The Labute approximate surface area is 109 Å². The molecular weight excluding hydrogens is 250 g/mol. The predicted molar refractivity (Wildman–Crippen MR) is 66.0 cm³/mol. The molecule has 1 N–H and O–H groups in total. The van der Waals surface area contributed by atoms with E-state index in [1.807, 2.05) is 0 Å². The second-order valence-electron chi connectivity index (χ2n) is 4.76. The highest BCUT2D eigenvalue weighted by atomic mass is 16.4. The van der Waals surface area contributed by atoms with E-state index in [-0.39, 0.29) is 18.7 Å². The van der Waals surface area contributed by atoms with Crippen LogP contribution in [-0.4, -0.2) is 44.8 Å². The molecule has 0 saturated carbocycles. The summed E-state index contributed by atoms with van der Waals surface area (Å²) in [6, 6.07) is 0. The molecule has 2 heterocycles. The molecule has 7 nitrogen and oxygen atoms in total. The molecule has 0 bridgehead atoms. The van der Waals surface area contributed by atoms with Crippen LogP contribution in [-0.2, 0) is 11.8 Å². The average Bonchev–Trinajstić information content (AvgIpc) is 2.24. The van der Waals surface area contributed by atoms with Crippen molar-refractivity contribution < 1.29 is 14.7 Å². The first kappa shape index (κ1) is 13.3. The summed E-state index contributed by atoms with van der Waals surface area (Å²) < 4.78 is 1.13. The van der Waals surface area contributed by atoms with Crippen LogP contribution >= 0.6 is 0 Å². The monoisotopic (exact) mass is 265 g/mol. The van der Waals surface area contributed by atoms with Crippen LogP contribution in [0.4, 0.5) is 0 Å². The van der Waals surface area contributed by atoms with E-state index in [9.17, 15) is 14.4 Å². The first-order chi connectivity index (χ1) is 8.82. The third kappa shape index (κ3) is 2.11. The van der Waals surface area contributed by atoms with E-state index in [1.165, 1.54) is 11.9 Å². The standard InChI is InChI=1S/C12H15N3O4/c1-6-7(2)13-14(3)10(16)9(6)11(17)15-4-8(5-15)12(18)19/h8H,4-5H2,1-3H3,(H,18,19). The second kappa shape index (κ2) is 4.49. The Hall–Kier alpha value is -2.18. The van der Waals surface area contributed by atoms with Gasteiger partial charge in [0.25, 0.3) is 11.5 Å². The molecule has 1 saturated heterocycles. The van der Waals surface area contributed by atoms with E-state index >= 15 is 0 Å². The van der Waals surface area contributed by atoms with Gasteiger partial charge in [0.15, 0.2) is 0 Å². The number of aromatic nitrogens is 2. The SMILES string of the molecule is Cc1nn(C)c(=O)c(C(=O)N2CC(C(=O)O)C2)c1C. The Kier molecular flexibility index (Phi) is 3.13. The minimum atomic E-state index is -0.917. The lowest BCUT2D eigenvalue weighted by Crippen LogP contribution is -2.54. The van der Waals surface area contributed by atoms with Crippen LogP contribution < -0.4 is 5.56 Å². The van der Waals surface area contributed by atoms with Gasteiger partial charge in [0, 0.05) is 20.1 Å². The number of aryl methyl sites for hydroxylation is 2.